The molecule has 0 atom stereocenters. The molecule has 3 aromatic rings. The van der Waals surface area contributed by atoms with Crippen LogP contribution in [-0.2, 0) is 22.0 Å². The van der Waals surface area contributed by atoms with Gasteiger partial charge in [0.15, 0.2) is 5.75 Å². The number of anilines is 2. The zero-order valence-electron chi connectivity index (χ0n) is 25.0. The number of methoxy groups -OCH3 is 1. The van der Waals surface area contributed by atoms with E-state index in [2.05, 4.69) is 24.9 Å². The van der Waals surface area contributed by atoms with E-state index in [1.165, 1.54) is 7.11 Å². The molecule has 1 saturated heterocycles. The maximum Gasteiger partial charge on any atom is 0.255 e. The Morgan fingerprint density at radius 1 is 1.12 bits per heavy atom. The van der Waals surface area contributed by atoms with Crippen LogP contribution in [0.3, 0.4) is 0 Å². The van der Waals surface area contributed by atoms with Crippen LogP contribution in [0.4, 0.5) is 11.4 Å². The number of nitrogens with zero attached hydrogens (tertiary/aromatic N) is 3. The Hall–Kier alpha value is -3.74. The first-order valence-corrected chi connectivity index (χ1v) is 15.7. The van der Waals surface area contributed by atoms with E-state index < -0.39 is 15.9 Å². The van der Waals surface area contributed by atoms with Crippen LogP contribution in [0.25, 0.3) is 0 Å². The van der Waals surface area contributed by atoms with Gasteiger partial charge in [0.1, 0.15) is 11.6 Å². The molecule has 0 bridgehead atoms. The molecule has 11 nitrogen and oxygen atoms in total. The van der Waals surface area contributed by atoms with Crippen LogP contribution >= 0.6 is 0 Å². The molecule has 226 valence electrons. The smallest absolute Gasteiger partial charge is 0.255 e. The van der Waals surface area contributed by atoms with Gasteiger partial charge in [-0.3, -0.25) is 14.4 Å². The first-order valence-electron chi connectivity index (χ1n) is 13.8. The van der Waals surface area contributed by atoms with Crippen molar-refractivity contribution in [2.24, 2.45) is 5.73 Å². The summed E-state index contributed by atoms with van der Waals surface area (Å²) in [5.74, 6) is 1.30. The summed E-state index contributed by atoms with van der Waals surface area (Å²) >= 11 is 0. The maximum atomic E-state index is 13.5. The minimum absolute atomic E-state index is 0.203. The molecule has 0 spiro atoms. The molecular weight excluding hydrogens is 556 g/mol. The number of hydrogen-bond acceptors (Lipinski definition) is 9. The van der Waals surface area contributed by atoms with Crippen LogP contribution in [0, 0.1) is 6.92 Å². The summed E-state index contributed by atoms with van der Waals surface area (Å²) < 4.78 is 38.2. The van der Waals surface area contributed by atoms with E-state index in [1.54, 1.807) is 42.6 Å². The number of sulfonamides is 1. The molecule has 1 aromatic heterocycles. The average molecular weight is 597 g/mol. The van der Waals surface area contributed by atoms with Crippen molar-refractivity contribution >= 4 is 27.3 Å². The number of likely N-dealkylation sites (tertiary alicyclic amines) is 1. The van der Waals surface area contributed by atoms with Gasteiger partial charge in [0, 0.05) is 37.0 Å². The lowest BCUT2D eigenvalue weighted by molar-refractivity contribution is 0.102. The summed E-state index contributed by atoms with van der Waals surface area (Å²) in [4.78, 5) is 24.7. The van der Waals surface area contributed by atoms with E-state index in [4.69, 9.17) is 15.2 Å². The number of aryl methyl sites for hydroxylation is 1. The van der Waals surface area contributed by atoms with Crippen LogP contribution in [-0.4, -0.2) is 61.7 Å². The van der Waals surface area contributed by atoms with Crippen molar-refractivity contribution in [3.05, 3.63) is 65.1 Å². The van der Waals surface area contributed by atoms with Gasteiger partial charge in [0.25, 0.3) is 5.91 Å². The number of carbonyl (C=O) groups is 1. The number of hydrogen-bond donors (Lipinski definition) is 3. The average Bonchev–Trinajstić information content (AvgIpc) is 2.90. The number of nitrogens with two attached hydrogens (primary N) is 1. The van der Waals surface area contributed by atoms with E-state index in [1.807, 2.05) is 27.7 Å². The fraction of sp³-hybridized carbons (Fsp3) is 0.433. The fourth-order valence-corrected chi connectivity index (χ4v) is 5.18. The summed E-state index contributed by atoms with van der Waals surface area (Å²) in [7, 11) is -2.18. The third-order valence-corrected chi connectivity index (χ3v) is 7.64. The van der Waals surface area contributed by atoms with Gasteiger partial charge in [-0.25, -0.2) is 13.4 Å². The minimum Gasteiger partial charge on any atom is -0.492 e. The van der Waals surface area contributed by atoms with Crippen molar-refractivity contribution in [2.75, 3.05) is 36.5 Å². The number of amides is 1. The maximum absolute atomic E-state index is 13.5. The number of carbonyl (C=O) groups excluding carboxylic acids is 1. The summed E-state index contributed by atoms with van der Waals surface area (Å²) in [6.45, 7) is 10.3. The van der Waals surface area contributed by atoms with Crippen LogP contribution in [0.5, 0.6) is 17.4 Å². The number of ether oxygens (including phenoxy) is 2. The summed E-state index contributed by atoms with van der Waals surface area (Å²) in [6, 6.07) is 10.6. The Morgan fingerprint density at radius 3 is 2.45 bits per heavy atom. The topological polar surface area (TPSA) is 149 Å². The highest BCUT2D eigenvalue weighted by Gasteiger charge is 2.23. The van der Waals surface area contributed by atoms with Crippen molar-refractivity contribution < 1.29 is 22.7 Å². The zero-order valence-corrected chi connectivity index (χ0v) is 25.8. The zero-order chi connectivity index (χ0) is 30.7. The Kier molecular flexibility index (Phi) is 9.39. The molecule has 0 radical (unpaired) electrons. The van der Waals surface area contributed by atoms with Gasteiger partial charge < -0.3 is 20.5 Å². The first kappa shape index (κ1) is 31.2. The second-order valence-corrected chi connectivity index (χ2v) is 13.4. The summed E-state index contributed by atoms with van der Waals surface area (Å²) in [5.41, 5.74) is 8.24. The third-order valence-electron chi connectivity index (χ3n) is 7.04. The minimum atomic E-state index is -3.60. The molecule has 1 aliphatic rings. The largest absolute Gasteiger partial charge is 0.492 e. The standard InChI is InChI=1S/C30H40N6O5S/c1-19-7-8-20(15-25(19)41-27-9-12-32-26(34-27)18-36-13-10-22(31)11-14-36)29(37)33-23-16-21(30(2,3)4)17-24(28(23)40-5)35-42(6,38)39/h7-9,12,15-17,22,35H,10-11,13-14,18,31H2,1-6H3,(H,33,37). The van der Waals surface area contributed by atoms with E-state index in [9.17, 15) is 13.2 Å². The SMILES string of the molecule is COc1c(NC(=O)c2ccc(C)c(Oc3ccnc(CN4CCC(N)CC4)n3)c2)cc(C(C)(C)C)cc1NS(C)(=O)=O. The second kappa shape index (κ2) is 12.6. The summed E-state index contributed by atoms with van der Waals surface area (Å²) in [6.07, 6.45) is 4.63. The molecule has 2 heterocycles. The van der Waals surface area contributed by atoms with Crippen molar-refractivity contribution in [3.8, 4) is 17.4 Å². The van der Waals surface area contributed by atoms with Gasteiger partial charge >= 0.3 is 0 Å². The monoisotopic (exact) mass is 596 g/mol. The molecule has 42 heavy (non-hydrogen) atoms. The molecule has 1 amide bonds. The third kappa shape index (κ3) is 8.17. The molecule has 0 saturated carbocycles. The molecule has 0 aliphatic carbocycles. The Morgan fingerprint density at radius 2 is 1.81 bits per heavy atom. The lowest BCUT2D eigenvalue weighted by Crippen LogP contribution is -2.39. The van der Waals surface area contributed by atoms with Gasteiger partial charge in [-0.2, -0.15) is 4.98 Å². The van der Waals surface area contributed by atoms with E-state index in [0.29, 0.717) is 35.2 Å². The van der Waals surface area contributed by atoms with Gasteiger partial charge in [-0.1, -0.05) is 26.8 Å². The van der Waals surface area contributed by atoms with Crippen molar-refractivity contribution in [1.29, 1.82) is 0 Å². The van der Waals surface area contributed by atoms with Gasteiger partial charge in [0.05, 0.1) is 31.3 Å². The Labute approximate surface area is 247 Å². The predicted molar refractivity (Wildman–Crippen MR) is 164 cm³/mol. The van der Waals surface area contributed by atoms with Crippen molar-refractivity contribution in [1.82, 2.24) is 14.9 Å². The fourth-order valence-electron chi connectivity index (χ4n) is 4.63. The molecule has 0 unspecified atom stereocenters. The highest BCUT2D eigenvalue weighted by molar-refractivity contribution is 7.92. The van der Waals surface area contributed by atoms with E-state index in [-0.39, 0.29) is 22.9 Å². The highest BCUT2D eigenvalue weighted by Crippen LogP contribution is 2.39. The molecule has 12 heteroatoms. The van der Waals surface area contributed by atoms with E-state index in [0.717, 1.165) is 43.3 Å². The van der Waals surface area contributed by atoms with Crippen LogP contribution < -0.4 is 25.2 Å². The number of aromatic nitrogens is 2. The number of piperidine rings is 1. The Balaban J connectivity index is 1.57. The van der Waals surface area contributed by atoms with E-state index >= 15 is 0 Å². The van der Waals surface area contributed by atoms with Gasteiger partial charge in [-0.05, 0) is 60.6 Å². The van der Waals surface area contributed by atoms with Crippen LogP contribution in [0.2, 0.25) is 0 Å². The van der Waals surface area contributed by atoms with Crippen LogP contribution in [0.1, 0.15) is 60.9 Å². The number of nitrogens with one attached hydrogen (secondary N) is 2. The van der Waals surface area contributed by atoms with Crippen molar-refractivity contribution in [2.45, 2.75) is 58.5 Å². The molecule has 4 rings (SSSR count). The summed E-state index contributed by atoms with van der Waals surface area (Å²) in [5, 5.41) is 2.89. The second-order valence-electron chi connectivity index (χ2n) is 11.7. The molecule has 2 aromatic carbocycles. The predicted octanol–water partition coefficient (Wildman–Crippen LogP) is 4.43. The van der Waals surface area contributed by atoms with Crippen LogP contribution in [0.15, 0.2) is 42.6 Å². The molecular formula is C30H40N6O5S. The first-order chi connectivity index (χ1) is 19.7. The molecule has 4 N–H and O–H groups in total. The quantitative estimate of drug-likeness (QED) is 0.326. The lowest BCUT2D eigenvalue weighted by atomic mass is 9.86. The van der Waals surface area contributed by atoms with Crippen molar-refractivity contribution in [3.63, 3.8) is 0 Å². The highest BCUT2D eigenvalue weighted by atomic mass is 32.2. The number of rotatable bonds is 9. The lowest BCUT2D eigenvalue weighted by Gasteiger charge is -2.29. The molecule has 1 fully saturated rings. The normalized spacial score (nSPS) is 14.8. The number of benzene rings is 2. The van der Waals surface area contributed by atoms with Gasteiger partial charge in [0.2, 0.25) is 15.9 Å². The van der Waals surface area contributed by atoms with Gasteiger partial charge in [-0.15, -0.1) is 0 Å². The molecule has 1 aliphatic heterocycles. The Bertz CT molecular complexity index is 1550.